The number of ether oxygens (including phenoxy) is 3. The molecule has 1 saturated carbocycles. The molecule has 1 aromatic rings. The van der Waals surface area contributed by atoms with Gasteiger partial charge in [-0.2, -0.15) is 0 Å². The number of carbonyl (C=O) groups excluding carboxylic acids is 1. The fourth-order valence-electron chi connectivity index (χ4n) is 3.45. The van der Waals surface area contributed by atoms with Crippen molar-refractivity contribution < 1.29 is 23.4 Å². The molecule has 2 fully saturated rings. The van der Waals surface area contributed by atoms with E-state index in [2.05, 4.69) is 29.0 Å². The zero-order valence-corrected chi connectivity index (χ0v) is 18.2. The molecule has 2 heterocycles. The van der Waals surface area contributed by atoms with Crippen LogP contribution in [0.3, 0.4) is 0 Å². The molecule has 30 heavy (non-hydrogen) atoms. The number of carbonyl (C=O) groups is 1. The third kappa shape index (κ3) is 6.54. The van der Waals surface area contributed by atoms with Crippen LogP contribution in [0.1, 0.15) is 43.6 Å². The summed E-state index contributed by atoms with van der Waals surface area (Å²) in [6, 6.07) is 3.43. The Morgan fingerprint density at radius 3 is 2.73 bits per heavy atom. The Balaban J connectivity index is 1.68. The zero-order chi connectivity index (χ0) is 21.5. The summed E-state index contributed by atoms with van der Waals surface area (Å²) in [5.41, 5.74) is 1.21. The Morgan fingerprint density at radius 1 is 1.33 bits per heavy atom. The molecule has 1 aromatic heterocycles. The molecule has 168 valence electrons. The lowest BCUT2D eigenvalue weighted by atomic mass is 10.0. The molecule has 0 radical (unpaired) electrons. The van der Waals surface area contributed by atoms with E-state index in [9.17, 15) is 9.18 Å². The van der Waals surface area contributed by atoms with Crippen LogP contribution in [0.5, 0.6) is 5.88 Å². The number of nitrogens with zero attached hydrogens (tertiary/aromatic N) is 2. The lowest BCUT2D eigenvalue weighted by Crippen LogP contribution is -2.52. The summed E-state index contributed by atoms with van der Waals surface area (Å²) in [6.45, 7) is 6.12. The number of methoxy groups -OCH3 is 1. The van der Waals surface area contributed by atoms with E-state index in [1.807, 2.05) is 6.07 Å². The van der Waals surface area contributed by atoms with Crippen molar-refractivity contribution in [1.82, 2.24) is 10.3 Å². The number of nitrogens with one attached hydrogen (secondary N) is 1. The van der Waals surface area contributed by atoms with Gasteiger partial charge < -0.3 is 24.4 Å². The second-order valence-corrected chi connectivity index (χ2v) is 8.60. The van der Waals surface area contributed by atoms with Crippen molar-refractivity contribution in [2.24, 2.45) is 11.8 Å². The molecular weight excluding hydrogens is 389 g/mol. The normalized spacial score (nSPS) is 17.7. The smallest absolute Gasteiger partial charge is 0.270 e. The summed E-state index contributed by atoms with van der Waals surface area (Å²) in [7, 11) is 1.71. The molecule has 0 bridgehead atoms. The van der Waals surface area contributed by atoms with E-state index in [0.29, 0.717) is 30.0 Å². The molecule has 0 unspecified atom stereocenters. The summed E-state index contributed by atoms with van der Waals surface area (Å²) in [4.78, 5) is 19.5. The van der Waals surface area contributed by atoms with Gasteiger partial charge in [0.25, 0.3) is 5.91 Å². The Kier molecular flexibility index (Phi) is 8.27. The first kappa shape index (κ1) is 22.7. The average molecular weight is 424 g/mol. The summed E-state index contributed by atoms with van der Waals surface area (Å²) >= 11 is 0. The molecule has 1 amide bonds. The van der Waals surface area contributed by atoms with Crippen LogP contribution in [-0.2, 0) is 9.47 Å². The van der Waals surface area contributed by atoms with Crippen LogP contribution in [0, 0.1) is 11.8 Å². The monoisotopic (exact) mass is 423 g/mol. The van der Waals surface area contributed by atoms with Crippen molar-refractivity contribution in [1.29, 1.82) is 0 Å². The molecule has 0 aromatic carbocycles. The number of hydrogen-bond acceptors (Lipinski definition) is 6. The van der Waals surface area contributed by atoms with Gasteiger partial charge in [-0.05, 0) is 43.2 Å². The standard InChI is InChI=1S/C22H34FN3O4/c1-15(2)10-17(14-29-9-8-23)24-21(27)19-6-7-20(26-11-18(12-26)28-3)22(25-19)30-13-16-4-5-16/h6-7,15-18H,4-5,8-14H2,1-3H3,(H,24,27)/t17-/m1/s1. The Bertz CT molecular complexity index is 693. The van der Waals surface area contributed by atoms with Gasteiger partial charge in [0.1, 0.15) is 18.1 Å². The molecule has 0 spiro atoms. The largest absolute Gasteiger partial charge is 0.476 e. The topological polar surface area (TPSA) is 72.9 Å². The highest BCUT2D eigenvalue weighted by atomic mass is 19.1. The number of alkyl halides is 1. The van der Waals surface area contributed by atoms with Crippen molar-refractivity contribution in [3.8, 4) is 5.88 Å². The summed E-state index contributed by atoms with van der Waals surface area (Å²) in [6.07, 6.45) is 3.32. The van der Waals surface area contributed by atoms with Crippen molar-refractivity contribution >= 4 is 11.6 Å². The third-order valence-corrected chi connectivity index (χ3v) is 5.38. The molecule has 1 atom stereocenters. The fourth-order valence-corrected chi connectivity index (χ4v) is 3.45. The van der Waals surface area contributed by atoms with Crippen LogP contribution in [0.25, 0.3) is 0 Å². The second-order valence-electron chi connectivity index (χ2n) is 8.60. The highest BCUT2D eigenvalue weighted by molar-refractivity contribution is 5.93. The van der Waals surface area contributed by atoms with Gasteiger partial charge in [-0.15, -0.1) is 0 Å². The lowest BCUT2D eigenvalue weighted by Gasteiger charge is -2.40. The van der Waals surface area contributed by atoms with E-state index in [1.165, 1.54) is 12.8 Å². The molecule has 1 N–H and O–H groups in total. The minimum atomic E-state index is -0.534. The van der Waals surface area contributed by atoms with Crippen LogP contribution < -0.4 is 15.0 Å². The number of pyridine rings is 1. The number of anilines is 1. The van der Waals surface area contributed by atoms with Crippen molar-refractivity contribution in [2.45, 2.75) is 45.3 Å². The van der Waals surface area contributed by atoms with Gasteiger partial charge in [0.15, 0.2) is 0 Å². The van der Waals surface area contributed by atoms with E-state index in [1.54, 1.807) is 13.2 Å². The first-order chi connectivity index (χ1) is 14.5. The summed E-state index contributed by atoms with van der Waals surface area (Å²) < 4.78 is 29.0. The van der Waals surface area contributed by atoms with Crippen LogP contribution in [0.15, 0.2) is 12.1 Å². The van der Waals surface area contributed by atoms with Crippen LogP contribution in [-0.4, -0.2) is 69.7 Å². The minimum absolute atomic E-state index is 0.0366. The Labute approximate surface area is 178 Å². The predicted octanol–water partition coefficient (Wildman–Crippen LogP) is 2.84. The number of hydrogen-bond donors (Lipinski definition) is 1. The summed E-state index contributed by atoms with van der Waals surface area (Å²) in [5.74, 6) is 1.18. The minimum Gasteiger partial charge on any atom is -0.476 e. The van der Waals surface area contributed by atoms with Crippen molar-refractivity contribution in [2.75, 3.05) is 51.6 Å². The second kappa shape index (κ2) is 10.9. The number of rotatable bonds is 13. The number of aromatic nitrogens is 1. The quantitative estimate of drug-likeness (QED) is 0.492. The highest BCUT2D eigenvalue weighted by Crippen LogP contribution is 2.34. The van der Waals surface area contributed by atoms with Crippen LogP contribution in [0.4, 0.5) is 10.1 Å². The lowest BCUT2D eigenvalue weighted by molar-refractivity contribution is 0.0766. The van der Waals surface area contributed by atoms with Crippen LogP contribution in [0.2, 0.25) is 0 Å². The number of halogens is 1. The Morgan fingerprint density at radius 2 is 2.10 bits per heavy atom. The maximum absolute atomic E-state index is 12.8. The van der Waals surface area contributed by atoms with Gasteiger partial charge in [0, 0.05) is 20.2 Å². The van der Waals surface area contributed by atoms with E-state index >= 15 is 0 Å². The molecule has 7 nitrogen and oxygen atoms in total. The van der Waals surface area contributed by atoms with E-state index in [4.69, 9.17) is 14.2 Å². The first-order valence-corrected chi connectivity index (χ1v) is 10.9. The molecule has 2 aliphatic rings. The van der Waals surface area contributed by atoms with Crippen molar-refractivity contribution in [3.05, 3.63) is 17.8 Å². The molecule has 3 rings (SSSR count). The Hall–Kier alpha value is -1.93. The molecule has 1 aliphatic carbocycles. The molecule has 1 saturated heterocycles. The molecule has 1 aliphatic heterocycles. The van der Waals surface area contributed by atoms with Crippen LogP contribution >= 0.6 is 0 Å². The third-order valence-electron chi connectivity index (χ3n) is 5.38. The zero-order valence-electron chi connectivity index (χ0n) is 18.2. The van der Waals surface area contributed by atoms with Gasteiger partial charge in [0.2, 0.25) is 5.88 Å². The van der Waals surface area contributed by atoms with Gasteiger partial charge >= 0.3 is 0 Å². The first-order valence-electron chi connectivity index (χ1n) is 10.9. The maximum atomic E-state index is 12.8. The van der Waals surface area contributed by atoms with Gasteiger partial charge in [-0.3, -0.25) is 4.79 Å². The van der Waals surface area contributed by atoms with E-state index in [-0.39, 0.29) is 31.3 Å². The highest BCUT2D eigenvalue weighted by Gasteiger charge is 2.31. The van der Waals surface area contributed by atoms with Crippen molar-refractivity contribution in [3.63, 3.8) is 0 Å². The molecule has 8 heteroatoms. The van der Waals surface area contributed by atoms with Gasteiger partial charge in [-0.1, -0.05) is 13.8 Å². The maximum Gasteiger partial charge on any atom is 0.270 e. The SMILES string of the molecule is COC1CN(c2ccc(C(=O)N[C@@H](COCCF)CC(C)C)nc2OCC2CC2)C1. The average Bonchev–Trinajstić information content (AvgIpc) is 3.50. The van der Waals surface area contributed by atoms with Gasteiger partial charge in [-0.25, -0.2) is 9.37 Å². The van der Waals surface area contributed by atoms with E-state index in [0.717, 1.165) is 25.2 Å². The molecular formula is C22H34FN3O4. The van der Waals surface area contributed by atoms with E-state index < -0.39 is 6.67 Å². The fraction of sp³-hybridized carbons (Fsp3) is 0.727. The number of amides is 1. The van der Waals surface area contributed by atoms with Gasteiger partial charge in [0.05, 0.1) is 32.0 Å². The summed E-state index contributed by atoms with van der Waals surface area (Å²) in [5, 5.41) is 2.98. The predicted molar refractivity (Wildman–Crippen MR) is 113 cm³/mol.